The van der Waals surface area contributed by atoms with Crippen LogP contribution < -0.4 is 5.73 Å². The first-order valence-corrected chi connectivity index (χ1v) is 5.20. The summed E-state index contributed by atoms with van der Waals surface area (Å²) in [6.45, 7) is 3.87. The van der Waals surface area contributed by atoms with Crippen molar-refractivity contribution in [1.82, 2.24) is 0 Å². The van der Waals surface area contributed by atoms with Crippen molar-refractivity contribution in [2.45, 2.75) is 13.8 Å². The number of nitrogens with two attached hydrogens (primary N) is 1. The number of halogens is 1. The Hall–Kier alpha value is -1.83. The Kier molecular flexibility index (Phi) is 2.65. The number of anilines is 1. The summed E-state index contributed by atoms with van der Waals surface area (Å²) in [5, 5.41) is 0. The Morgan fingerprint density at radius 1 is 1.06 bits per heavy atom. The number of hydrogen-bond donors (Lipinski definition) is 1. The van der Waals surface area contributed by atoms with Gasteiger partial charge in [-0.15, -0.1) is 0 Å². The number of aryl methyl sites for hydroxylation is 2. The van der Waals surface area contributed by atoms with Crippen LogP contribution in [0.1, 0.15) is 11.1 Å². The van der Waals surface area contributed by atoms with Crippen LogP contribution in [0.4, 0.5) is 10.1 Å². The van der Waals surface area contributed by atoms with Gasteiger partial charge < -0.3 is 5.73 Å². The summed E-state index contributed by atoms with van der Waals surface area (Å²) in [4.78, 5) is 0. The predicted octanol–water partition coefficient (Wildman–Crippen LogP) is 3.69. The second-order valence-corrected chi connectivity index (χ2v) is 4.06. The third kappa shape index (κ3) is 1.91. The molecule has 0 amide bonds. The lowest BCUT2D eigenvalue weighted by Gasteiger charge is -2.08. The Labute approximate surface area is 94.7 Å². The molecule has 2 aromatic rings. The van der Waals surface area contributed by atoms with E-state index in [9.17, 15) is 4.39 Å². The van der Waals surface area contributed by atoms with Gasteiger partial charge in [0, 0.05) is 11.3 Å². The molecule has 0 atom stereocenters. The summed E-state index contributed by atoms with van der Waals surface area (Å²) in [7, 11) is 0. The smallest absolute Gasteiger partial charge is 0.133 e. The Morgan fingerprint density at radius 3 is 2.50 bits per heavy atom. The van der Waals surface area contributed by atoms with Crippen LogP contribution in [-0.2, 0) is 0 Å². The normalized spacial score (nSPS) is 10.4. The Balaban J connectivity index is 2.60. The van der Waals surface area contributed by atoms with Gasteiger partial charge in [0.25, 0.3) is 0 Å². The molecule has 0 spiro atoms. The highest BCUT2D eigenvalue weighted by Crippen LogP contribution is 2.27. The zero-order valence-electron chi connectivity index (χ0n) is 9.42. The highest BCUT2D eigenvalue weighted by Gasteiger charge is 2.07. The van der Waals surface area contributed by atoms with E-state index in [1.54, 1.807) is 6.07 Å². The first kappa shape index (κ1) is 10.7. The van der Waals surface area contributed by atoms with Crippen molar-refractivity contribution in [1.29, 1.82) is 0 Å². The zero-order valence-corrected chi connectivity index (χ0v) is 9.42. The highest BCUT2D eigenvalue weighted by atomic mass is 19.1. The van der Waals surface area contributed by atoms with E-state index in [0.29, 0.717) is 11.3 Å². The van der Waals surface area contributed by atoms with Gasteiger partial charge in [0.2, 0.25) is 0 Å². The van der Waals surface area contributed by atoms with Crippen LogP contribution >= 0.6 is 0 Å². The molecule has 0 unspecified atom stereocenters. The van der Waals surface area contributed by atoms with E-state index in [0.717, 1.165) is 16.7 Å². The van der Waals surface area contributed by atoms with Crippen LogP contribution in [0, 0.1) is 19.7 Å². The minimum Gasteiger partial charge on any atom is -0.398 e. The van der Waals surface area contributed by atoms with Gasteiger partial charge in [-0.05, 0) is 37.1 Å². The highest BCUT2D eigenvalue weighted by molar-refractivity contribution is 5.68. The van der Waals surface area contributed by atoms with Gasteiger partial charge >= 0.3 is 0 Å². The lowest BCUT2D eigenvalue weighted by Crippen LogP contribution is -1.93. The van der Waals surface area contributed by atoms with E-state index in [2.05, 4.69) is 0 Å². The van der Waals surface area contributed by atoms with Crippen molar-refractivity contribution in [3.05, 3.63) is 53.3 Å². The van der Waals surface area contributed by atoms with E-state index in [1.165, 1.54) is 6.07 Å². The van der Waals surface area contributed by atoms with Gasteiger partial charge in [-0.3, -0.25) is 0 Å². The summed E-state index contributed by atoms with van der Waals surface area (Å²) >= 11 is 0. The first-order chi connectivity index (χ1) is 7.58. The molecule has 0 aliphatic rings. The molecule has 2 rings (SSSR count). The number of rotatable bonds is 1. The van der Waals surface area contributed by atoms with Gasteiger partial charge in [0.1, 0.15) is 5.82 Å². The van der Waals surface area contributed by atoms with Gasteiger partial charge in [-0.25, -0.2) is 4.39 Å². The fourth-order valence-corrected chi connectivity index (χ4v) is 1.73. The summed E-state index contributed by atoms with van der Waals surface area (Å²) in [5.41, 5.74) is 9.67. The van der Waals surface area contributed by atoms with Gasteiger partial charge in [-0.2, -0.15) is 0 Å². The van der Waals surface area contributed by atoms with Gasteiger partial charge in [0.05, 0.1) is 0 Å². The molecule has 0 radical (unpaired) electrons. The molecule has 0 saturated carbocycles. The first-order valence-electron chi connectivity index (χ1n) is 5.20. The van der Waals surface area contributed by atoms with Gasteiger partial charge in [-0.1, -0.05) is 29.8 Å². The molecule has 82 valence electrons. The van der Waals surface area contributed by atoms with E-state index in [-0.39, 0.29) is 5.82 Å². The maximum atomic E-state index is 13.8. The van der Waals surface area contributed by atoms with Crippen LogP contribution in [0.2, 0.25) is 0 Å². The lowest BCUT2D eigenvalue weighted by atomic mass is 10.0. The summed E-state index contributed by atoms with van der Waals surface area (Å²) in [6.07, 6.45) is 0. The third-order valence-electron chi connectivity index (χ3n) is 2.68. The lowest BCUT2D eigenvalue weighted by molar-refractivity contribution is 0.631. The molecule has 0 saturated heterocycles. The van der Waals surface area contributed by atoms with E-state index < -0.39 is 0 Å². The molecule has 0 aliphatic carbocycles. The molecule has 0 aliphatic heterocycles. The number of benzene rings is 2. The van der Waals surface area contributed by atoms with Crippen molar-refractivity contribution in [3.63, 3.8) is 0 Å². The topological polar surface area (TPSA) is 26.0 Å². The number of nitrogen functional groups attached to an aromatic ring is 1. The molecular weight excluding hydrogens is 201 g/mol. The van der Waals surface area contributed by atoms with Crippen molar-refractivity contribution in [2.75, 3.05) is 5.73 Å². The maximum Gasteiger partial charge on any atom is 0.133 e. The van der Waals surface area contributed by atoms with E-state index >= 15 is 0 Å². The Bertz CT molecular complexity index is 532. The van der Waals surface area contributed by atoms with Crippen molar-refractivity contribution < 1.29 is 4.39 Å². The second kappa shape index (κ2) is 3.97. The number of hydrogen-bond acceptors (Lipinski definition) is 1. The molecule has 0 heterocycles. The largest absolute Gasteiger partial charge is 0.398 e. The molecule has 2 heteroatoms. The molecule has 2 aromatic carbocycles. The van der Waals surface area contributed by atoms with Crippen LogP contribution in [0.3, 0.4) is 0 Å². The molecule has 0 bridgehead atoms. The predicted molar refractivity (Wildman–Crippen MR) is 65.7 cm³/mol. The van der Waals surface area contributed by atoms with Crippen molar-refractivity contribution in [2.24, 2.45) is 0 Å². The summed E-state index contributed by atoms with van der Waals surface area (Å²) in [6, 6.07) is 11.0. The van der Waals surface area contributed by atoms with Gasteiger partial charge in [0.15, 0.2) is 0 Å². The quantitative estimate of drug-likeness (QED) is 0.721. The maximum absolute atomic E-state index is 13.8. The standard InChI is InChI=1S/C14H14FN/c1-9-4-3-5-11(6-9)12-7-10(2)14(16)8-13(12)15/h3-8H,16H2,1-2H3. The van der Waals surface area contributed by atoms with Crippen molar-refractivity contribution >= 4 is 5.69 Å². The fourth-order valence-electron chi connectivity index (χ4n) is 1.73. The molecular formula is C14H14FN. The molecule has 0 fully saturated rings. The minimum atomic E-state index is -0.270. The average Bonchev–Trinajstić information content (AvgIpc) is 2.23. The van der Waals surface area contributed by atoms with Crippen molar-refractivity contribution in [3.8, 4) is 11.1 Å². The summed E-state index contributed by atoms with van der Waals surface area (Å²) in [5.74, 6) is -0.270. The van der Waals surface area contributed by atoms with Crippen LogP contribution in [-0.4, -0.2) is 0 Å². The zero-order chi connectivity index (χ0) is 11.7. The fraction of sp³-hybridized carbons (Fsp3) is 0.143. The second-order valence-electron chi connectivity index (χ2n) is 4.06. The molecule has 1 nitrogen and oxygen atoms in total. The Morgan fingerprint density at radius 2 is 1.81 bits per heavy atom. The SMILES string of the molecule is Cc1cccc(-c2cc(C)c(N)cc2F)c1. The molecule has 2 N–H and O–H groups in total. The van der Waals surface area contributed by atoms with E-state index in [4.69, 9.17) is 5.73 Å². The molecule has 16 heavy (non-hydrogen) atoms. The van der Waals surface area contributed by atoms with Crippen LogP contribution in [0.15, 0.2) is 36.4 Å². The third-order valence-corrected chi connectivity index (χ3v) is 2.68. The average molecular weight is 215 g/mol. The van der Waals surface area contributed by atoms with Crippen LogP contribution in [0.5, 0.6) is 0 Å². The molecule has 0 aromatic heterocycles. The van der Waals surface area contributed by atoms with Crippen LogP contribution in [0.25, 0.3) is 11.1 Å². The summed E-state index contributed by atoms with van der Waals surface area (Å²) < 4.78 is 13.8. The monoisotopic (exact) mass is 215 g/mol. The minimum absolute atomic E-state index is 0.270. The van der Waals surface area contributed by atoms with E-state index in [1.807, 2.05) is 38.1 Å².